The fraction of sp³-hybridized carbons (Fsp3) is 0. The number of nitrogens with one attached hydrogen (secondary N) is 1. The van der Waals surface area contributed by atoms with Crippen molar-refractivity contribution in [3.8, 4) is 0 Å². The Morgan fingerprint density at radius 1 is 1.17 bits per heavy atom. The summed E-state index contributed by atoms with van der Waals surface area (Å²) in [7, 11) is 0. The molecule has 2 aromatic rings. The van der Waals surface area contributed by atoms with Crippen LogP contribution in [-0.4, -0.2) is 15.6 Å². The molecule has 0 bridgehead atoms. The SMILES string of the molecule is O=C(Nc1c(F)c(F)cc(F)c1F)n1ccnc1. The summed E-state index contributed by atoms with van der Waals surface area (Å²) in [5.74, 6) is -6.56. The van der Waals surface area contributed by atoms with Gasteiger partial charge in [0.2, 0.25) is 0 Å². The number of aromatic nitrogens is 2. The topological polar surface area (TPSA) is 46.9 Å². The van der Waals surface area contributed by atoms with E-state index in [-0.39, 0.29) is 6.07 Å². The van der Waals surface area contributed by atoms with Gasteiger partial charge in [-0.3, -0.25) is 4.57 Å². The first-order valence-electron chi connectivity index (χ1n) is 4.63. The predicted octanol–water partition coefficient (Wildman–Crippen LogP) is 2.52. The Balaban J connectivity index is 2.38. The van der Waals surface area contributed by atoms with Gasteiger partial charge in [-0.05, 0) is 0 Å². The highest BCUT2D eigenvalue weighted by molar-refractivity contribution is 5.91. The normalized spacial score (nSPS) is 10.4. The van der Waals surface area contributed by atoms with Crippen molar-refractivity contribution in [2.75, 3.05) is 5.32 Å². The molecule has 0 saturated heterocycles. The Morgan fingerprint density at radius 3 is 2.28 bits per heavy atom. The number of rotatable bonds is 1. The lowest BCUT2D eigenvalue weighted by Gasteiger charge is -2.08. The lowest BCUT2D eigenvalue weighted by atomic mass is 10.2. The quantitative estimate of drug-likeness (QED) is 0.631. The highest BCUT2D eigenvalue weighted by Crippen LogP contribution is 2.24. The predicted molar refractivity (Wildman–Crippen MR) is 52.9 cm³/mol. The number of hydrogen-bond donors (Lipinski definition) is 1. The van der Waals surface area contributed by atoms with Crippen molar-refractivity contribution in [2.24, 2.45) is 0 Å². The minimum absolute atomic E-state index is 0.0531. The molecule has 0 fully saturated rings. The molecule has 0 atom stereocenters. The van der Waals surface area contributed by atoms with Crippen LogP contribution in [0.5, 0.6) is 0 Å². The Labute approximate surface area is 97.9 Å². The Kier molecular flexibility index (Phi) is 3.00. The monoisotopic (exact) mass is 259 g/mol. The van der Waals surface area contributed by atoms with Crippen LogP contribution in [0.1, 0.15) is 0 Å². The van der Waals surface area contributed by atoms with Crippen molar-refractivity contribution in [3.05, 3.63) is 48.1 Å². The van der Waals surface area contributed by atoms with Crippen LogP contribution >= 0.6 is 0 Å². The van der Waals surface area contributed by atoms with Gasteiger partial charge in [-0.1, -0.05) is 0 Å². The van der Waals surface area contributed by atoms with Gasteiger partial charge >= 0.3 is 6.03 Å². The summed E-state index contributed by atoms with van der Waals surface area (Å²) in [4.78, 5) is 15.0. The molecule has 1 aromatic carbocycles. The zero-order valence-corrected chi connectivity index (χ0v) is 8.62. The van der Waals surface area contributed by atoms with Crippen LogP contribution in [0.3, 0.4) is 0 Å². The summed E-state index contributed by atoms with van der Waals surface area (Å²) in [5, 5.41) is 1.72. The van der Waals surface area contributed by atoms with Crippen molar-refractivity contribution in [1.29, 1.82) is 0 Å². The van der Waals surface area contributed by atoms with Crippen molar-refractivity contribution >= 4 is 11.7 Å². The van der Waals surface area contributed by atoms with E-state index in [2.05, 4.69) is 4.98 Å². The van der Waals surface area contributed by atoms with Crippen LogP contribution in [0.15, 0.2) is 24.8 Å². The third-order valence-electron chi connectivity index (χ3n) is 2.08. The molecule has 0 unspecified atom stereocenters. The summed E-state index contributed by atoms with van der Waals surface area (Å²) in [5.41, 5.74) is -1.19. The fourth-order valence-electron chi connectivity index (χ4n) is 1.23. The maximum Gasteiger partial charge on any atom is 0.331 e. The molecule has 94 valence electrons. The number of halogens is 4. The number of carbonyl (C=O) groups excluding carboxylic acids is 1. The van der Waals surface area contributed by atoms with E-state index in [9.17, 15) is 22.4 Å². The molecule has 0 aliphatic rings. The van der Waals surface area contributed by atoms with Crippen LogP contribution in [-0.2, 0) is 0 Å². The van der Waals surface area contributed by atoms with Gasteiger partial charge < -0.3 is 5.32 Å². The van der Waals surface area contributed by atoms with Gasteiger partial charge in [-0.15, -0.1) is 0 Å². The number of benzene rings is 1. The molecule has 18 heavy (non-hydrogen) atoms. The fourth-order valence-corrected chi connectivity index (χ4v) is 1.23. The third-order valence-corrected chi connectivity index (χ3v) is 2.08. The Morgan fingerprint density at radius 2 is 1.78 bits per heavy atom. The Hall–Kier alpha value is -2.38. The van der Waals surface area contributed by atoms with Gasteiger partial charge in [-0.25, -0.2) is 27.3 Å². The Bertz CT molecular complexity index is 571. The molecule has 0 saturated carbocycles. The maximum atomic E-state index is 13.2. The van der Waals surface area contributed by atoms with E-state index in [1.165, 1.54) is 12.4 Å². The van der Waals surface area contributed by atoms with E-state index in [0.29, 0.717) is 0 Å². The molecule has 2 rings (SSSR count). The lowest BCUT2D eigenvalue weighted by Crippen LogP contribution is -2.20. The smallest absolute Gasteiger partial charge is 0.302 e. The average Bonchev–Trinajstić information content (AvgIpc) is 2.85. The molecule has 4 nitrogen and oxygen atoms in total. The molecular formula is C10H5F4N3O. The first-order chi connectivity index (χ1) is 8.50. The largest absolute Gasteiger partial charge is 0.331 e. The molecule has 1 N–H and O–H groups in total. The van der Waals surface area contributed by atoms with Crippen molar-refractivity contribution < 1.29 is 22.4 Å². The molecule has 0 aliphatic heterocycles. The molecule has 8 heteroatoms. The maximum absolute atomic E-state index is 13.2. The van der Waals surface area contributed by atoms with Crippen molar-refractivity contribution in [3.63, 3.8) is 0 Å². The number of anilines is 1. The van der Waals surface area contributed by atoms with Gasteiger partial charge in [0, 0.05) is 18.5 Å². The number of nitrogens with zero attached hydrogens (tertiary/aromatic N) is 2. The second-order valence-electron chi connectivity index (χ2n) is 3.24. The molecule has 1 heterocycles. The summed E-state index contributed by atoms with van der Waals surface area (Å²) < 4.78 is 53.0. The third kappa shape index (κ3) is 2.04. The van der Waals surface area contributed by atoms with E-state index in [1.807, 2.05) is 0 Å². The molecule has 1 amide bonds. The van der Waals surface area contributed by atoms with Crippen LogP contribution in [0.4, 0.5) is 28.0 Å². The van der Waals surface area contributed by atoms with E-state index in [1.54, 1.807) is 5.32 Å². The highest BCUT2D eigenvalue weighted by atomic mass is 19.2. The summed E-state index contributed by atoms with van der Waals surface area (Å²) in [6, 6.07) is -0.951. The standard InChI is InChI=1S/C10H5F4N3O/c11-5-3-6(12)8(14)9(7(5)13)16-10(18)17-2-1-15-4-17/h1-4H,(H,16,18). The van der Waals surface area contributed by atoms with E-state index in [4.69, 9.17) is 0 Å². The van der Waals surface area contributed by atoms with Gasteiger partial charge in [-0.2, -0.15) is 0 Å². The second-order valence-corrected chi connectivity index (χ2v) is 3.24. The number of carbonyl (C=O) groups is 1. The van der Waals surface area contributed by atoms with Crippen LogP contribution in [0.2, 0.25) is 0 Å². The molecule has 0 spiro atoms. The van der Waals surface area contributed by atoms with E-state index >= 15 is 0 Å². The number of hydrogen-bond acceptors (Lipinski definition) is 2. The summed E-state index contributed by atoms with van der Waals surface area (Å²) in [6.07, 6.45) is 3.50. The molecule has 1 aromatic heterocycles. The molecule has 0 aliphatic carbocycles. The van der Waals surface area contributed by atoms with Crippen LogP contribution in [0.25, 0.3) is 0 Å². The molecular weight excluding hydrogens is 254 g/mol. The van der Waals surface area contributed by atoms with E-state index in [0.717, 1.165) is 10.9 Å². The minimum Gasteiger partial charge on any atom is -0.302 e. The van der Waals surface area contributed by atoms with Gasteiger partial charge in [0.15, 0.2) is 23.3 Å². The average molecular weight is 259 g/mol. The van der Waals surface area contributed by atoms with Crippen molar-refractivity contribution in [2.45, 2.75) is 0 Å². The lowest BCUT2D eigenvalue weighted by molar-refractivity contribution is 0.253. The summed E-state index contributed by atoms with van der Waals surface area (Å²) in [6.45, 7) is 0. The van der Waals surface area contributed by atoms with Crippen LogP contribution in [0, 0.1) is 23.3 Å². The zero-order chi connectivity index (χ0) is 13.3. The first-order valence-corrected chi connectivity index (χ1v) is 4.63. The number of amides is 1. The second kappa shape index (κ2) is 4.47. The first kappa shape index (κ1) is 12.1. The van der Waals surface area contributed by atoms with Gasteiger partial charge in [0.05, 0.1) is 0 Å². The number of imidazole rings is 1. The van der Waals surface area contributed by atoms with Crippen molar-refractivity contribution in [1.82, 2.24) is 9.55 Å². The zero-order valence-electron chi connectivity index (χ0n) is 8.62. The van der Waals surface area contributed by atoms with Crippen LogP contribution < -0.4 is 5.32 Å². The van der Waals surface area contributed by atoms with Gasteiger partial charge in [0.25, 0.3) is 0 Å². The minimum atomic E-state index is -1.68. The molecule has 0 radical (unpaired) electrons. The van der Waals surface area contributed by atoms with E-state index < -0.39 is 35.0 Å². The highest BCUT2D eigenvalue weighted by Gasteiger charge is 2.21. The van der Waals surface area contributed by atoms with Gasteiger partial charge in [0.1, 0.15) is 12.0 Å². The summed E-state index contributed by atoms with van der Waals surface area (Å²) >= 11 is 0.